The molecule has 0 aromatic carbocycles. The van der Waals surface area contributed by atoms with Crippen LogP contribution in [0, 0.1) is 5.92 Å². The monoisotopic (exact) mass is 155 g/mol. The van der Waals surface area contributed by atoms with Crippen molar-refractivity contribution < 1.29 is 9.59 Å². The number of hydrogen-bond acceptors (Lipinski definition) is 2. The summed E-state index contributed by atoms with van der Waals surface area (Å²) in [6, 6.07) is 0.251. The van der Waals surface area contributed by atoms with Crippen LogP contribution >= 0.6 is 0 Å². The van der Waals surface area contributed by atoms with Gasteiger partial charge >= 0.3 is 0 Å². The van der Waals surface area contributed by atoms with Crippen molar-refractivity contribution in [1.29, 1.82) is 0 Å². The van der Waals surface area contributed by atoms with Gasteiger partial charge in [-0.3, -0.25) is 9.59 Å². The maximum absolute atomic E-state index is 10.8. The van der Waals surface area contributed by atoms with Crippen molar-refractivity contribution in [2.24, 2.45) is 5.92 Å². The zero-order chi connectivity index (χ0) is 8.43. The topological polar surface area (TPSA) is 46.2 Å². The van der Waals surface area contributed by atoms with E-state index in [1.165, 1.54) is 6.92 Å². The van der Waals surface area contributed by atoms with E-state index in [4.69, 9.17) is 0 Å². The molecular formula is C8H13NO2. The Balaban J connectivity index is 2.22. The standard InChI is InChI=1S/C8H13NO2/c1-5-3-7(4-5)9-8(11)6(2)10/h5,7H,3-4H2,1-2H3,(H,9,11)/t5-,7+. The van der Waals surface area contributed by atoms with Crippen LogP contribution in [0.2, 0.25) is 0 Å². The first-order valence-electron chi connectivity index (χ1n) is 3.91. The number of hydrogen-bond donors (Lipinski definition) is 1. The first-order valence-corrected chi connectivity index (χ1v) is 3.91. The summed E-state index contributed by atoms with van der Waals surface area (Å²) < 4.78 is 0. The Morgan fingerprint density at radius 2 is 1.91 bits per heavy atom. The molecule has 1 amide bonds. The first-order chi connectivity index (χ1) is 5.09. The van der Waals surface area contributed by atoms with Crippen LogP contribution in [0.3, 0.4) is 0 Å². The lowest BCUT2D eigenvalue weighted by Gasteiger charge is -2.32. The predicted molar refractivity (Wildman–Crippen MR) is 41.0 cm³/mol. The lowest BCUT2D eigenvalue weighted by molar-refractivity contribution is -0.137. The molecule has 1 aliphatic carbocycles. The third-order valence-electron chi connectivity index (χ3n) is 2.03. The number of carbonyl (C=O) groups is 2. The van der Waals surface area contributed by atoms with Crippen LogP contribution in [0.15, 0.2) is 0 Å². The molecule has 0 aromatic heterocycles. The fraction of sp³-hybridized carbons (Fsp3) is 0.750. The fourth-order valence-corrected chi connectivity index (χ4v) is 1.31. The van der Waals surface area contributed by atoms with Crippen LogP contribution in [0.4, 0.5) is 0 Å². The maximum Gasteiger partial charge on any atom is 0.287 e. The van der Waals surface area contributed by atoms with E-state index in [-0.39, 0.29) is 6.04 Å². The van der Waals surface area contributed by atoms with Gasteiger partial charge in [0.2, 0.25) is 5.78 Å². The third kappa shape index (κ3) is 2.03. The van der Waals surface area contributed by atoms with Gasteiger partial charge in [-0.25, -0.2) is 0 Å². The molecule has 0 saturated heterocycles. The number of carbonyl (C=O) groups excluding carboxylic acids is 2. The van der Waals surface area contributed by atoms with Gasteiger partial charge in [-0.2, -0.15) is 0 Å². The van der Waals surface area contributed by atoms with Crippen molar-refractivity contribution in [3.05, 3.63) is 0 Å². The average Bonchev–Trinajstić information content (AvgIpc) is 1.84. The van der Waals surface area contributed by atoms with E-state index < -0.39 is 11.7 Å². The zero-order valence-corrected chi connectivity index (χ0v) is 6.89. The second-order valence-corrected chi connectivity index (χ2v) is 3.30. The number of ketones is 1. The van der Waals surface area contributed by atoms with Crippen molar-refractivity contribution >= 4 is 11.7 Å². The summed E-state index contributed by atoms with van der Waals surface area (Å²) in [5.74, 6) is -0.140. The van der Waals surface area contributed by atoms with Crippen LogP contribution < -0.4 is 5.32 Å². The smallest absolute Gasteiger partial charge is 0.287 e. The molecule has 3 nitrogen and oxygen atoms in total. The molecule has 1 N–H and O–H groups in total. The Kier molecular flexibility index (Phi) is 2.27. The Bertz CT molecular complexity index is 183. The lowest BCUT2D eigenvalue weighted by atomic mass is 9.82. The van der Waals surface area contributed by atoms with Gasteiger partial charge in [0.1, 0.15) is 0 Å². The summed E-state index contributed by atoms with van der Waals surface area (Å²) in [6.07, 6.45) is 2.03. The van der Waals surface area contributed by atoms with E-state index in [2.05, 4.69) is 12.2 Å². The quantitative estimate of drug-likeness (QED) is 0.590. The highest BCUT2D eigenvalue weighted by atomic mass is 16.2. The van der Waals surface area contributed by atoms with Crippen molar-refractivity contribution in [2.75, 3.05) is 0 Å². The second kappa shape index (κ2) is 3.03. The highest BCUT2D eigenvalue weighted by Gasteiger charge is 2.27. The normalized spacial score (nSPS) is 28.9. The van der Waals surface area contributed by atoms with E-state index in [9.17, 15) is 9.59 Å². The molecular weight excluding hydrogens is 142 g/mol. The van der Waals surface area contributed by atoms with Gasteiger partial charge in [0.05, 0.1) is 0 Å². The van der Waals surface area contributed by atoms with E-state index in [1.54, 1.807) is 0 Å². The van der Waals surface area contributed by atoms with Gasteiger partial charge < -0.3 is 5.32 Å². The second-order valence-electron chi connectivity index (χ2n) is 3.30. The lowest BCUT2D eigenvalue weighted by Crippen LogP contribution is -2.45. The first kappa shape index (κ1) is 8.24. The average molecular weight is 155 g/mol. The van der Waals surface area contributed by atoms with Gasteiger partial charge in [0.25, 0.3) is 5.91 Å². The largest absolute Gasteiger partial charge is 0.347 e. The van der Waals surface area contributed by atoms with Gasteiger partial charge in [-0.15, -0.1) is 0 Å². The van der Waals surface area contributed by atoms with Crippen LogP contribution in [0.1, 0.15) is 26.7 Å². The predicted octanol–water partition coefficient (Wildman–Crippen LogP) is 0.490. The molecule has 0 aliphatic heterocycles. The van der Waals surface area contributed by atoms with Crippen molar-refractivity contribution in [3.63, 3.8) is 0 Å². The molecule has 0 bridgehead atoms. The Hall–Kier alpha value is -0.860. The highest BCUT2D eigenvalue weighted by Crippen LogP contribution is 2.25. The van der Waals surface area contributed by atoms with E-state index >= 15 is 0 Å². The Morgan fingerprint density at radius 1 is 1.36 bits per heavy atom. The third-order valence-corrected chi connectivity index (χ3v) is 2.03. The molecule has 3 heteroatoms. The summed E-state index contributed by atoms with van der Waals surface area (Å²) in [6.45, 7) is 3.42. The number of rotatable bonds is 2. The van der Waals surface area contributed by atoms with Gasteiger partial charge in [-0.1, -0.05) is 6.92 Å². The molecule has 0 aromatic rings. The van der Waals surface area contributed by atoms with E-state index in [0.717, 1.165) is 12.8 Å². The van der Waals surface area contributed by atoms with Crippen molar-refractivity contribution in [3.8, 4) is 0 Å². The molecule has 0 heterocycles. The molecule has 1 saturated carbocycles. The molecule has 0 unspecified atom stereocenters. The summed E-state index contributed by atoms with van der Waals surface area (Å²) in [5.41, 5.74) is 0. The van der Waals surface area contributed by atoms with Crippen molar-refractivity contribution in [1.82, 2.24) is 5.32 Å². The van der Waals surface area contributed by atoms with Gasteiger partial charge in [0, 0.05) is 13.0 Å². The minimum Gasteiger partial charge on any atom is -0.347 e. The number of nitrogens with one attached hydrogen (secondary N) is 1. The molecule has 62 valence electrons. The Labute approximate surface area is 66.2 Å². The van der Waals surface area contributed by atoms with E-state index in [0.29, 0.717) is 5.92 Å². The van der Waals surface area contributed by atoms with Gasteiger partial charge in [0.15, 0.2) is 0 Å². The molecule has 0 spiro atoms. The summed E-state index contributed by atoms with van der Waals surface area (Å²) >= 11 is 0. The zero-order valence-electron chi connectivity index (χ0n) is 6.89. The van der Waals surface area contributed by atoms with Gasteiger partial charge in [-0.05, 0) is 18.8 Å². The molecule has 0 atom stereocenters. The SMILES string of the molecule is CC(=O)C(=O)N[C@H]1C[C@@H](C)C1. The fourth-order valence-electron chi connectivity index (χ4n) is 1.31. The van der Waals surface area contributed by atoms with E-state index in [1.807, 2.05) is 0 Å². The molecule has 1 fully saturated rings. The van der Waals surface area contributed by atoms with Crippen molar-refractivity contribution in [2.45, 2.75) is 32.7 Å². The van der Waals surface area contributed by atoms with Crippen LogP contribution in [-0.4, -0.2) is 17.7 Å². The summed E-state index contributed by atoms with van der Waals surface area (Å²) in [7, 11) is 0. The molecule has 11 heavy (non-hydrogen) atoms. The minimum absolute atomic E-state index is 0.251. The molecule has 1 rings (SSSR count). The number of amides is 1. The summed E-state index contributed by atoms with van der Waals surface area (Å²) in [5, 5.41) is 2.66. The molecule has 0 radical (unpaired) electrons. The number of Topliss-reactive ketones (excluding diaryl/α,β-unsaturated/α-hetero) is 1. The maximum atomic E-state index is 10.8. The minimum atomic E-state index is -0.443. The summed E-state index contributed by atoms with van der Waals surface area (Å²) in [4.78, 5) is 21.3. The highest BCUT2D eigenvalue weighted by molar-refractivity contribution is 6.35. The molecule has 1 aliphatic rings. The Morgan fingerprint density at radius 3 is 2.27 bits per heavy atom. The van der Waals surface area contributed by atoms with Crippen LogP contribution in [-0.2, 0) is 9.59 Å². The van der Waals surface area contributed by atoms with Crippen LogP contribution in [0.25, 0.3) is 0 Å². The van der Waals surface area contributed by atoms with Crippen LogP contribution in [0.5, 0.6) is 0 Å².